The molecule has 1 N–H and O–H groups in total. The normalized spacial score (nSPS) is 19.9. The van der Waals surface area contributed by atoms with E-state index >= 15 is 0 Å². The van der Waals surface area contributed by atoms with Gasteiger partial charge in [0.1, 0.15) is 5.78 Å². The average molecular weight is 271 g/mol. The maximum atomic E-state index is 11.8. The number of hydrogen-bond donors (Lipinski definition) is 1. The third-order valence-electron chi connectivity index (χ3n) is 3.53. The lowest BCUT2D eigenvalue weighted by atomic mass is 10.0. The third-order valence-corrected chi connectivity index (χ3v) is 4.66. The summed E-state index contributed by atoms with van der Waals surface area (Å²) >= 11 is 1.97. The molecule has 1 aliphatic heterocycles. The van der Waals surface area contributed by atoms with E-state index in [1.807, 2.05) is 11.8 Å². The van der Waals surface area contributed by atoms with Crippen LogP contribution in [0.15, 0.2) is 0 Å². The van der Waals surface area contributed by atoms with E-state index in [2.05, 4.69) is 12.2 Å². The fourth-order valence-corrected chi connectivity index (χ4v) is 3.36. The van der Waals surface area contributed by atoms with E-state index in [1.165, 1.54) is 44.3 Å². The van der Waals surface area contributed by atoms with Crippen LogP contribution >= 0.6 is 11.8 Å². The first kappa shape index (κ1) is 16.0. The van der Waals surface area contributed by atoms with E-state index in [-0.39, 0.29) is 0 Å². The molecule has 0 aromatic rings. The fourth-order valence-electron chi connectivity index (χ4n) is 2.41. The molecule has 0 amide bonds. The maximum Gasteiger partial charge on any atom is 0.134 e. The number of unbranched alkanes of at least 4 members (excludes halogenated alkanes) is 6. The number of nitrogens with one attached hydrogen (secondary N) is 1. The van der Waals surface area contributed by atoms with Crippen molar-refractivity contribution in [2.45, 2.75) is 70.8 Å². The summed E-state index contributed by atoms with van der Waals surface area (Å²) in [6.07, 6.45) is 10.6. The summed E-state index contributed by atoms with van der Waals surface area (Å²) in [4.78, 5) is 11.8. The lowest BCUT2D eigenvalue weighted by molar-refractivity contribution is -0.119. The van der Waals surface area contributed by atoms with E-state index in [1.54, 1.807) is 0 Å². The van der Waals surface area contributed by atoms with Crippen molar-refractivity contribution in [2.24, 2.45) is 0 Å². The molecular weight excluding hydrogens is 242 g/mol. The van der Waals surface area contributed by atoms with Crippen LogP contribution in [0.1, 0.15) is 64.7 Å². The summed E-state index contributed by atoms with van der Waals surface area (Å²) < 4.78 is 0. The molecule has 18 heavy (non-hydrogen) atoms. The molecule has 0 spiro atoms. The van der Waals surface area contributed by atoms with Crippen molar-refractivity contribution in [1.29, 1.82) is 0 Å². The van der Waals surface area contributed by atoms with Gasteiger partial charge in [-0.15, -0.1) is 0 Å². The Morgan fingerprint density at radius 1 is 1.17 bits per heavy atom. The van der Waals surface area contributed by atoms with Crippen molar-refractivity contribution in [2.75, 3.05) is 18.1 Å². The quantitative estimate of drug-likeness (QED) is 0.613. The predicted molar refractivity (Wildman–Crippen MR) is 81.3 cm³/mol. The molecule has 1 atom stereocenters. The van der Waals surface area contributed by atoms with Crippen molar-refractivity contribution in [1.82, 2.24) is 5.32 Å². The highest BCUT2D eigenvalue weighted by molar-refractivity contribution is 7.99. The first-order valence-corrected chi connectivity index (χ1v) is 8.81. The molecule has 1 fully saturated rings. The Bertz CT molecular complexity index is 215. The molecular formula is C15H29NOS. The van der Waals surface area contributed by atoms with Crippen LogP contribution in [0.2, 0.25) is 0 Å². The number of rotatable bonds is 10. The molecule has 0 radical (unpaired) electrons. The molecule has 1 saturated heterocycles. The topological polar surface area (TPSA) is 29.1 Å². The first-order chi connectivity index (χ1) is 8.83. The molecule has 106 valence electrons. The second kappa shape index (κ2) is 10.9. The molecule has 1 aliphatic rings. The van der Waals surface area contributed by atoms with E-state index < -0.39 is 0 Å². The van der Waals surface area contributed by atoms with Gasteiger partial charge in [0, 0.05) is 36.9 Å². The number of Topliss-reactive ketones (excluding diaryl/α,β-unsaturated/α-hetero) is 1. The van der Waals surface area contributed by atoms with Gasteiger partial charge in [0.2, 0.25) is 0 Å². The summed E-state index contributed by atoms with van der Waals surface area (Å²) in [6, 6.07) is 0.445. The Morgan fingerprint density at radius 3 is 2.56 bits per heavy atom. The van der Waals surface area contributed by atoms with Gasteiger partial charge in [0.25, 0.3) is 0 Å². The van der Waals surface area contributed by atoms with Gasteiger partial charge in [-0.1, -0.05) is 45.4 Å². The lowest BCUT2D eigenvalue weighted by Gasteiger charge is -2.22. The lowest BCUT2D eigenvalue weighted by Crippen LogP contribution is -2.38. The van der Waals surface area contributed by atoms with Crippen LogP contribution in [-0.4, -0.2) is 29.9 Å². The SMILES string of the molecule is CCCCCCCCCC(=O)CC1CSCCN1. The van der Waals surface area contributed by atoms with E-state index in [4.69, 9.17) is 0 Å². The monoisotopic (exact) mass is 271 g/mol. The second-order valence-electron chi connectivity index (χ2n) is 5.34. The van der Waals surface area contributed by atoms with Crippen LogP contribution in [0.3, 0.4) is 0 Å². The van der Waals surface area contributed by atoms with Crippen LogP contribution in [0.25, 0.3) is 0 Å². The first-order valence-electron chi connectivity index (χ1n) is 7.65. The molecule has 1 heterocycles. The molecule has 0 aromatic heterocycles. The predicted octanol–water partition coefficient (Wildman–Crippen LogP) is 3.79. The van der Waals surface area contributed by atoms with Crippen molar-refractivity contribution in [3.05, 3.63) is 0 Å². The minimum Gasteiger partial charge on any atom is -0.312 e. The molecule has 0 saturated carbocycles. The Morgan fingerprint density at radius 2 is 1.89 bits per heavy atom. The van der Waals surface area contributed by atoms with E-state index in [9.17, 15) is 4.79 Å². The van der Waals surface area contributed by atoms with Crippen LogP contribution in [0, 0.1) is 0 Å². The number of carbonyl (C=O) groups excluding carboxylic acids is 1. The summed E-state index contributed by atoms with van der Waals surface area (Å²) in [5.74, 6) is 2.77. The molecule has 0 aromatic carbocycles. The number of hydrogen-bond acceptors (Lipinski definition) is 3. The maximum absolute atomic E-state index is 11.8. The highest BCUT2D eigenvalue weighted by Crippen LogP contribution is 2.13. The minimum atomic E-state index is 0.445. The Balaban J connectivity index is 1.90. The molecule has 1 unspecified atom stereocenters. The molecule has 0 aliphatic carbocycles. The summed E-state index contributed by atoms with van der Waals surface area (Å²) in [5, 5.41) is 3.43. The third kappa shape index (κ3) is 8.15. The van der Waals surface area contributed by atoms with Crippen molar-refractivity contribution in [3.63, 3.8) is 0 Å². The van der Waals surface area contributed by atoms with Crippen molar-refractivity contribution >= 4 is 17.5 Å². The van der Waals surface area contributed by atoms with Crippen LogP contribution in [0.5, 0.6) is 0 Å². The van der Waals surface area contributed by atoms with Crippen LogP contribution in [0.4, 0.5) is 0 Å². The minimum absolute atomic E-state index is 0.445. The smallest absolute Gasteiger partial charge is 0.134 e. The van der Waals surface area contributed by atoms with Crippen LogP contribution in [-0.2, 0) is 4.79 Å². The Labute approximate surface area is 117 Å². The zero-order valence-electron chi connectivity index (χ0n) is 11.9. The molecule has 3 heteroatoms. The van der Waals surface area contributed by atoms with Gasteiger partial charge >= 0.3 is 0 Å². The Hall–Kier alpha value is -0.0200. The average Bonchev–Trinajstić information content (AvgIpc) is 2.39. The second-order valence-corrected chi connectivity index (χ2v) is 6.49. The van der Waals surface area contributed by atoms with Gasteiger partial charge in [-0.2, -0.15) is 11.8 Å². The van der Waals surface area contributed by atoms with Crippen LogP contribution < -0.4 is 5.32 Å². The number of carbonyl (C=O) groups is 1. The molecule has 1 rings (SSSR count). The summed E-state index contributed by atoms with van der Waals surface area (Å²) in [6.45, 7) is 3.32. The van der Waals surface area contributed by atoms with Gasteiger partial charge in [0.15, 0.2) is 0 Å². The van der Waals surface area contributed by atoms with Crippen molar-refractivity contribution < 1.29 is 4.79 Å². The zero-order valence-corrected chi connectivity index (χ0v) is 12.7. The van der Waals surface area contributed by atoms with Crippen molar-refractivity contribution in [3.8, 4) is 0 Å². The van der Waals surface area contributed by atoms with E-state index in [0.29, 0.717) is 11.8 Å². The van der Waals surface area contributed by atoms with Gasteiger partial charge in [-0.25, -0.2) is 0 Å². The van der Waals surface area contributed by atoms with Gasteiger partial charge in [0.05, 0.1) is 0 Å². The zero-order chi connectivity index (χ0) is 13.1. The molecule has 0 bridgehead atoms. The van der Waals surface area contributed by atoms with E-state index in [0.717, 1.165) is 31.6 Å². The van der Waals surface area contributed by atoms with Gasteiger partial charge < -0.3 is 5.32 Å². The van der Waals surface area contributed by atoms with Gasteiger partial charge in [-0.3, -0.25) is 4.79 Å². The molecule has 2 nitrogen and oxygen atoms in total. The highest BCUT2D eigenvalue weighted by Gasteiger charge is 2.16. The Kier molecular flexibility index (Phi) is 9.68. The summed E-state index contributed by atoms with van der Waals surface area (Å²) in [5.41, 5.74) is 0. The number of ketones is 1. The largest absolute Gasteiger partial charge is 0.312 e. The fraction of sp³-hybridized carbons (Fsp3) is 0.933. The number of thioether (sulfide) groups is 1. The standard InChI is InChI=1S/C15H29NOS/c1-2-3-4-5-6-7-8-9-15(17)12-14-13-18-11-10-16-14/h14,16H,2-13H2,1H3. The summed E-state index contributed by atoms with van der Waals surface area (Å²) in [7, 11) is 0. The highest BCUT2D eigenvalue weighted by atomic mass is 32.2. The van der Waals surface area contributed by atoms with Gasteiger partial charge in [-0.05, 0) is 6.42 Å².